The summed E-state index contributed by atoms with van der Waals surface area (Å²) in [6, 6.07) is 8.71. The summed E-state index contributed by atoms with van der Waals surface area (Å²) in [6.07, 6.45) is 1.07. The number of anilines is 1. The first-order valence-electron chi connectivity index (χ1n) is 9.99. The Hall–Kier alpha value is -3.33. The molecule has 1 heterocycles. The monoisotopic (exact) mass is 458 g/mol. The maximum absolute atomic E-state index is 13.4. The molecule has 0 bridgehead atoms. The largest absolute Gasteiger partial charge is 0.493 e. The van der Waals surface area contributed by atoms with E-state index in [1.54, 1.807) is 50.2 Å². The molecule has 9 heteroatoms. The van der Waals surface area contributed by atoms with Crippen molar-refractivity contribution >= 4 is 27.3 Å². The number of carbonyl (C=O) groups is 2. The Balaban J connectivity index is 2.13. The van der Waals surface area contributed by atoms with Gasteiger partial charge in [0.1, 0.15) is 9.84 Å². The third-order valence-corrected chi connectivity index (χ3v) is 5.86. The number of rotatable bonds is 9. The third-order valence-electron chi connectivity index (χ3n) is 4.94. The Morgan fingerprint density at radius 2 is 1.88 bits per heavy atom. The van der Waals surface area contributed by atoms with Gasteiger partial charge in [0.2, 0.25) is 0 Å². The van der Waals surface area contributed by atoms with E-state index in [0.717, 1.165) is 11.2 Å². The lowest BCUT2D eigenvalue weighted by atomic mass is 10.1. The van der Waals surface area contributed by atoms with Crippen molar-refractivity contribution in [3.05, 3.63) is 65.4 Å². The van der Waals surface area contributed by atoms with Crippen molar-refractivity contribution in [2.75, 3.05) is 31.0 Å². The van der Waals surface area contributed by atoms with Crippen molar-refractivity contribution in [1.82, 2.24) is 4.90 Å². The van der Waals surface area contributed by atoms with Gasteiger partial charge in [0, 0.05) is 12.0 Å². The van der Waals surface area contributed by atoms with Crippen molar-refractivity contribution in [2.24, 2.45) is 0 Å². The van der Waals surface area contributed by atoms with Gasteiger partial charge < -0.3 is 14.8 Å². The molecule has 1 aliphatic rings. The number of benzene rings is 2. The molecule has 170 valence electrons. The summed E-state index contributed by atoms with van der Waals surface area (Å²) in [5, 5.41) is 3.00. The highest BCUT2D eigenvalue weighted by Gasteiger charge is 2.43. The van der Waals surface area contributed by atoms with Crippen LogP contribution in [0.3, 0.4) is 0 Å². The second kappa shape index (κ2) is 9.04. The minimum absolute atomic E-state index is 0.192. The van der Waals surface area contributed by atoms with Gasteiger partial charge in [0.05, 0.1) is 42.3 Å². The molecule has 0 saturated carbocycles. The van der Waals surface area contributed by atoms with E-state index < -0.39 is 33.4 Å². The highest BCUT2D eigenvalue weighted by atomic mass is 32.2. The fourth-order valence-electron chi connectivity index (χ4n) is 3.70. The van der Waals surface area contributed by atoms with Gasteiger partial charge in [0.15, 0.2) is 11.5 Å². The number of ether oxygens (including phenoxy) is 2. The zero-order chi connectivity index (χ0) is 23.6. The van der Waals surface area contributed by atoms with E-state index in [1.165, 1.54) is 7.11 Å². The predicted octanol–water partition coefficient (Wildman–Crippen LogP) is 3.42. The number of hydrogen-bond donors (Lipinski definition) is 1. The lowest BCUT2D eigenvalue weighted by Crippen LogP contribution is -2.37. The Morgan fingerprint density at radius 3 is 2.47 bits per heavy atom. The fraction of sp³-hybridized carbons (Fsp3) is 0.304. The van der Waals surface area contributed by atoms with E-state index in [9.17, 15) is 18.0 Å². The van der Waals surface area contributed by atoms with Gasteiger partial charge >= 0.3 is 0 Å². The molecule has 32 heavy (non-hydrogen) atoms. The van der Waals surface area contributed by atoms with Crippen LogP contribution in [0, 0.1) is 0 Å². The molecule has 1 atom stereocenters. The standard InChI is InChI=1S/C23H26N2O6S/c1-6-31-20-12-15(10-11-19(20)30-4)18(13-32(5,28)29)25-22(26)16-8-7-9-17(24-14(2)3)21(16)23(25)27/h7-12,18,24H,2,6,13H2,1,3-5H3. The minimum Gasteiger partial charge on any atom is -0.493 e. The predicted molar refractivity (Wildman–Crippen MR) is 122 cm³/mol. The summed E-state index contributed by atoms with van der Waals surface area (Å²) in [4.78, 5) is 27.7. The highest BCUT2D eigenvalue weighted by Crippen LogP contribution is 2.38. The summed E-state index contributed by atoms with van der Waals surface area (Å²) in [5.74, 6) is -0.703. The van der Waals surface area contributed by atoms with Crippen molar-refractivity contribution in [3.63, 3.8) is 0 Å². The van der Waals surface area contributed by atoms with E-state index >= 15 is 0 Å². The number of imide groups is 1. The zero-order valence-corrected chi connectivity index (χ0v) is 19.3. The smallest absolute Gasteiger partial charge is 0.264 e. The molecule has 2 aromatic rings. The van der Waals surface area contributed by atoms with E-state index in [1.807, 2.05) is 0 Å². The molecule has 0 radical (unpaired) electrons. The average molecular weight is 459 g/mol. The van der Waals surface area contributed by atoms with Crippen molar-refractivity contribution < 1.29 is 27.5 Å². The first kappa shape index (κ1) is 23.3. The molecular weight excluding hydrogens is 432 g/mol. The van der Waals surface area contributed by atoms with E-state index in [2.05, 4.69) is 11.9 Å². The highest BCUT2D eigenvalue weighted by molar-refractivity contribution is 7.90. The molecular formula is C23H26N2O6S. The second-order valence-electron chi connectivity index (χ2n) is 7.57. The molecule has 0 aromatic heterocycles. The lowest BCUT2D eigenvalue weighted by Gasteiger charge is -2.27. The van der Waals surface area contributed by atoms with Gasteiger partial charge in [0.25, 0.3) is 11.8 Å². The van der Waals surface area contributed by atoms with E-state index in [-0.39, 0.29) is 11.1 Å². The summed E-state index contributed by atoms with van der Waals surface area (Å²) < 4.78 is 35.5. The molecule has 1 N–H and O–H groups in total. The summed E-state index contributed by atoms with van der Waals surface area (Å²) in [6.45, 7) is 7.69. The first-order chi connectivity index (χ1) is 15.1. The minimum atomic E-state index is -3.56. The zero-order valence-electron chi connectivity index (χ0n) is 18.5. The van der Waals surface area contributed by atoms with Crippen molar-refractivity contribution in [3.8, 4) is 11.5 Å². The van der Waals surface area contributed by atoms with Crippen LogP contribution < -0.4 is 14.8 Å². The average Bonchev–Trinajstić information content (AvgIpc) is 2.96. The van der Waals surface area contributed by atoms with Crippen LogP contribution >= 0.6 is 0 Å². The van der Waals surface area contributed by atoms with Gasteiger partial charge in [-0.2, -0.15) is 0 Å². The Labute approximate surface area is 187 Å². The molecule has 1 aliphatic heterocycles. The SMILES string of the molecule is C=C(C)Nc1cccc2c1C(=O)N(C(CS(C)(=O)=O)c1ccc(OC)c(OCC)c1)C2=O. The molecule has 2 amide bonds. The van der Waals surface area contributed by atoms with Crippen molar-refractivity contribution in [1.29, 1.82) is 0 Å². The van der Waals surface area contributed by atoms with Crippen LogP contribution in [-0.2, 0) is 9.84 Å². The number of hydrogen-bond acceptors (Lipinski definition) is 7. The number of sulfone groups is 1. The van der Waals surface area contributed by atoms with E-state index in [4.69, 9.17) is 9.47 Å². The van der Waals surface area contributed by atoms with Crippen LogP contribution in [-0.4, -0.2) is 50.9 Å². The second-order valence-corrected chi connectivity index (χ2v) is 9.75. The molecule has 0 aliphatic carbocycles. The van der Waals surface area contributed by atoms with Crippen LogP contribution in [0.2, 0.25) is 0 Å². The molecule has 2 aromatic carbocycles. The number of allylic oxidation sites excluding steroid dienone is 1. The van der Waals surface area contributed by atoms with Crippen LogP contribution in [0.25, 0.3) is 0 Å². The van der Waals surface area contributed by atoms with Crippen LogP contribution in [0.15, 0.2) is 48.7 Å². The number of amides is 2. The maximum Gasteiger partial charge on any atom is 0.264 e. The van der Waals surface area contributed by atoms with E-state index in [0.29, 0.717) is 35.1 Å². The first-order valence-corrected chi connectivity index (χ1v) is 12.0. The normalized spacial score (nSPS) is 14.2. The summed E-state index contributed by atoms with van der Waals surface area (Å²) in [7, 11) is -2.07. The third kappa shape index (κ3) is 4.62. The maximum atomic E-state index is 13.4. The molecule has 0 fully saturated rings. The van der Waals surface area contributed by atoms with Gasteiger partial charge in [-0.05, 0) is 43.7 Å². The van der Waals surface area contributed by atoms with Crippen LogP contribution in [0.4, 0.5) is 5.69 Å². The number of fused-ring (bicyclic) bond motifs is 1. The Morgan fingerprint density at radius 1 is 1.16 bits per heavy atom. The van der Waals surface area contributed by atoms with Gasteiger partial charge in [-0.15, -0.1) is 0 Å². The van der Waals surface area contributed by atoms with Gasteiger partial charge in [-0.25, -0.2) is 8.42 Å². The number of nitrogens with zero attached hydrogens (tertiary/aromatic N) is 1. The molecule has 3 rings (SSSR count). The Bertz CT molecular complexity index is 1190. The number of carbonyl (C=O) groups excluding carboxylic acids is 2. The number of methoxy groups -OCH3 is 1. The molecule has 8 nitrogen and oxygen atoms in total. The fourth-order valence-corrected chi connectivity index (χ4v) is 4.61. The quantitative estimate of drug-likeness (QED) is 0.575. The summed E-state index contributed by atoms with van der Waals surface area (Å²) in [5.41, 5.74) is 1.89. The molecule has 0 saturated heterocycles. The van der Waals surface area contributed by atoms with Gasteiger partial charge in [-0.3, -0.25) is 14.5 Å². The Kier molecular flexibility index (Phi) is 6.59. The molecule has 0 spiro atoms. The molecule has 1 unspecified atom stereocenters. The topological polar surface area (TPSA) is 102 Å². The van der Waals surface area contributed by atoms with Crippen LogP contribution in [0.5, 0.6) is 11.5 Å². The van der Waals surface area contributed by atoms with Crippen molar-refractivity contribution in [2.45, 2.75) is 19.9 Å². The van der Waals surface area contributed by atoms with Crippen LogP contribution in [0.1, 0.15) is 46.2 Å². The lowest BCUT2D eigenvalue weighted by molar-refractivity contribution is 0.0598. The number of nitrogens with one attached hydrogen (secondary N) is 1. The summed E-state index contributed by atoms with van der Waals surface area (Å²) >= 11 is 0. The van der Waals surface area contributed by atoms with Gasteiger partial charge in [-0.1, -0.05) is 18.7 Å².